The Morgan fingerprint density at radius 2 is 2.40 bits per heavy atom. The van der Waals surface area contributed by atoms with Gasteiger partial charge in [0.05, 0.1) is 0 Å². The molecule has 0 saturated carbocycles. The predicted molar refractivity (Wildman–Crippen MR) is 37.8 cm³/mol. The summed E-state index contributed by atoms with van der Waals surface area (Å²) in [5.41, 5.74) is 0. The van der Waals surface area contributed by atoms with Crippen molar-refractivity contribution in [3.05, 3.63) is 0 Å². The highest BCUT2D eigenvalue weighted by molar-refractivity contribution is 5.99. The molecule has 0 heterocycles. The molecule has 0 aliphatic carbocycles. The highest BCUT2D eigenvalue weighted by atomic mass is 16.5. The SMILES string of the molecule is [B]OC(CCCC)C(=O)O. The number of carboxylic acids is 1. The maximum Gasteiger partial charge on any atom is 0.331 e. The maximum absolute atomic E-state index is 10.2. The van der Waals surface area contributed by atoms with Crippen molar-refractivity contribution in [1.29, 1.82) is 0 Å². The quantitative estimate of drug-likeness (QED) is 0.575. The van der Waals surface area contributed by atoms with E-state index in [1.807, 2.05) is 6.92 Å². The fraction of sp³-hybridized carbons (Fsp3) is 0.833. The fourth-order valence-electron chi connectivity index (χ4n) is 0.639. The van der Waals surface area contributed by atoms with Gasteiger partial charge in [-0.2, -0.15) is 0 Å². The first-order chi connectivity index (χ1) is 4.72. The Bertz CT molecular complexity index is 105. The summed E-state index contributed by atoms with van der Waals surface area (Å²) in [5.74, 6) is -0.990. The molecule has 4 heteroatoms. The number of carbonyl (C=O) groups is 1. The van der Waals surface area contributed by atoms with Gasteiger partial charge in [-0.15, -0.1) is 0 Å². The van der Waals surface area contributed by atoms with Gasteiger partial charge in [-0.05, 0) is 6.42 Å². The lowest BCUT2D eigenvalue weighted by Crippen LogP contribution is -2.22. The van der Waals surface area contributed by atoms with E-state index in [2.05, 4.69) is 4.65 Å². The summed E-state index contributed by atoms with van der Waals surface area (Å²) in [6.45, 7) is 1.98. The lowest BCUT2D eigenvalue weighted by molar-refractivity contribution is -0.145. The Morgan fingerprint density at radius 1 is 1.80 bits per heavy atom. The van der Waals surface area contributed by atoms with Crippen LogP contribution >= 0.6 is 0 Å². The molecule has 0 saturated heterocycles. The van der Waals surface area contributed by atoms with Gasteiger partial charge >= 0.3 is 5.97 Å². The van der Waals surface area contributed by atoms with E-state index in [9.17, 15) is 4.79 Å². The highest BCUT2D eigenvalue weighted by Crippen LogP contribution is 2.02. The Morgan fingerprint density at radius 3 is 2.70 bits per heavy atom. The molecular formula is C6H11BO3. The minimum Gasteiger partial charge on any atom is -0.479 e. The average Bonchev–Trinajstić information content (AvgIpc) is 1.89. The van der Waals surface area contributed by atoms with Crippen molar-refractivity contribution in [2.24, 2.45) is 0 Å². The van der Waals surface area contributed by atoms with Crippen LogP contribution in [0.2, 0.25) is 0 Å². The van der Waals surface area contributed by atoms with E-state index >= 15 is 0 Å². The summed E-state index contributed by atoms with van der Waals surface area (Å²) in [4.78, 5) is 10.2. The number of aliphatic carboxylic acids is 1. The van der Waals surface area contributed by atoms with Crippen molar-refractivity contribution in [3.63, 3.8) is 0 Å². The molecule has 1 unspecified atom stereocenters. The maximum atomic E-state index is 10.2. The molecule has 0 aliphatic heterocycles. The summed E-state index contributed by atoms with van der Waals surface area (Å²) >= 11 is 0. The molecule has 0 aromatic heterocycles. The first-order valence-corrected chi connectivity index (χ1v) is 3.30. The molecule has 3 nitrogen and oxygen atoms in total. The molecule has 56 valence electrons. The van der Waals surface area contributed by atoms with E-state index in [4.69, 9.17) is 13.2 Å². The number of carboxylic acid groups (broad SMARTS) is 1. The van der Waals surface area contributed by atoms with E-state index in [1.54, 1.807) is 0 Å². The Kier molecular flexibility index (Phi) is 5.03. The largest absolute Gasteiger partial charge is 0.479 e. The Labute approximate surface area is 61.8 Å². The minimum absolute atomic E-state index is 0.488. The second-order valence-corrected chi connectivity index (χ2v) is 2.11. The molecule has 0 aromatic carbocycles. The normalized spacial score (nSPS) is 12.9. The van der Waals surface area contributed by atoms with Crippen LogP contribution in [-0.4, -0.2) is 25.2 Å². The Balaban J connectivity index is 3.50. The topological polar surface area (TPSA) is 46.5 Å². The van der Waals surface area contributed by atoms with Crippen LogP contribution in [0.3, 0.4) is 0 Å². The van der Waals surface area contributed by atoms with Crippen LogP contribution in [0.25, 0.3) is 0 Å². The molecule has 1 N–H and O–H groups in total. The zero-order valence-corrected chi connectivity index (χ0v) is 6.04. The molecule has 1 atom stereocenters. The van der Waals surface area contributed by atoms with E-state index in [0.717, 1.165) is 12.8 Å². The standard InChI is InChI=1S/C6H11BO3/c1-2-3-4-5(10-7)6(8)9/h5H,2-4H2,1H3,(H,8,9). The van der Waals surface area contributed by atoms with E-state index < -0.39 is 12.1 Å². The summed E-state index contributed by atoms with van der Waals surface area (Å²) in [6, 6.07) is 0. The first-order valence-electron chi connectivity index (χ1n) is 3.30. The predicted octanol–water partition coefficient (Wildman–Crippen LogP) is 0.730. The third kappa shape index (κ3) is 3.51. The van der Waals surface area contributed by atoms with Crippen LogP contribution < -0.4 is 0 Å². The monoisotopic (exact) mass is 142 g/mol. The van der Waals surface area contributed by atoms with E-state index in [-0.39, 0.29) is 0 Å². The highest BCUT2D eigenvalue weighted by Gasteiger charge is 2.13. The molecule has 0 rings (SSSR count). The second kappa shape index (κ2) is 5.29. The van der Waals surface area contributed by atoms with Gasteiger partial charge < -0.3 is 9.76 Å². The van der Waals surface area contributed by atoms with Crippen molar-refractivity contribution in [1.82, 2.24) is 0 Å². The molecule has 0 fully saturated rings. The molecule has 0 spiro atoms. The van der Waals surface area contributed by atoms with E-state index in [0.29, 0.717) is 6.42 Å². The fourth-order valence-corrected chi connectivity index (χ4v) is 0.639. The van der Waals surface area contributed by atoms with Crippen molar-refractivity contribution in [3.8, 4) is 0 Å². The van der Waals surface area contributed by atoms with Crippen LogP contribution in [0, 0.1) is 0 Å². The van der Waals surface area contributed by atoms with Crippen LogP contribution in [-0.2, 0) is 9.45 Å². The van der Waals surface area contributed by atoms with Gasteiger partial charge in [0.2, 0.25) is 0 Å². The molecule has 10 heavy (non-hydrogen) atoms. The number of rotatable bonds is 5. The van der Waals surface area contributed by atoms with Crippen LogP contribution in [0.5, 0.6) is 0 Å². The smallest absolute Gasteiger partial charge is 0.331 e. The van der Waals surface area contributed by atoms with Crippen molar-refractivity contribution in [2.75, 3.05) is 0 Å². The lowest BCUT2D eigenvalue weighted by Gasteiger charge is -2.08. The molecule has 0 bridgehead atoms. The van der Waals surface area contributed by atoms with Gasteiger partial charge in [0, 0.05) is 0 Å². The van der Waals surface area contributed by atoms with E-state index in [1.165, 1.54) is 0 Å². The Hall–Kier alpha value is -0.505. The molecule has 2 radical (unpaired) electrons. The average molecular weight is 142 g/mol. The zero-order chi connectivity index (χ0) is 7.98. The van der Waals surface area contributed by atoms with Gasteiger partial charge in [-0.25, -0.2) is 4.79 Å². The molecule has 0 aliphatic rings. The third-order valence-electron chi connectivity index (χ3n) is 1.26. The summed E-state index contributed by atoms with van der Waals surface area (Å²) in [5, 5.41) is 8.39. The van der Waals surface area contributed by atoms with Gasteiger partial charge in [-0.3, -0.25) is 0 Å². The second-order valence-electron chi connectivity index (χ2n) is 2.11. The number of unbranched alkanes of at least 4 members (excludes halogenated alkanes) is 1. The summed E-state index contributed by atoms with van der Waals surface area (Å²) in [6.07, 6.45) is 1.43. The van der Waals surface area contributed by atoms with Crippen molar-refractivity contribution < 1.29 is 14.6 Å². The number of hydrogen-bond acceptors (Lipinski definition) is 2. The van der Waals surface area contributed by atoms with Crippen molar-refractivity contribution >= 4 is 14.0 Å². The zero-order valence-electron chi connectivity index (χ0n) is 6.04. The lowest BCUT2D eigenvalue weighted by atomic mass is 10.1. The van der Waals surface area contributed by atoms with Gasteiger partial charge in [0.15, 0.2) is 0 Å². The van der Waals surface area contributed by atoms with Crippen molar-refractivity contribution in [2.45, 2.75) is 32.3 Å². The van der Waals surface area contributed by atoms with Crippen LogP contribution in [0.15, 0.2) is 0 Å². The minimum atomic E-state index is -0.990. The molecule has 0 amide bonds. The number of hydrogen-bond donors (Lipinski definition) is 1. The molecule has 0 aromatic rings. The van der Waals surface area contributed by atoms with Crippen LogP contribution in [0.1, 0.15) is 26.2 Å². The van der Waals surface area contributed by atoms with Gasteiger partial charge in [0.1, 0.15) is 6.10 Å². The van der Waals surface area contributed by atoms with Gasteiger partial charge in [0.25, 0.3) is 8.05 Å². The third-order valence-corrected chi connectivity index (χ3v) is 1.26. The molecular weight excluding hydrogens is 131 g/mol. The summed E-state index contributed by atoms with van der Waals surface area (Å²) in [7, 11) is 4.73. The first kappa shape index (κ1) is 9.49. The van der Waals surface area contributed by atoms with Crippen LogP contribution in [0.4, 0.5) is 0 Å². The van der Waals surface area contributed by atoms with Gasteiger partial charge in [-0.1, -0.05) is 19.8 Å². The summed E-state index contributed by atoms with van der Waals surface area (Å²) < 4.78 is 4.21.